The maximum atomic E-state index is 12.8. The Morgan fingerprint density at radius 3 is 2.88 bits per heavy atom. The zero-order valence-electron chi connectivity index (χ0n) is 14.6. The summed E-state index contributed by atoms with van der Waals surface area (Å²) in [5.41, 5.74) is 8.10. The van der Waals surface area contributed by atoms with E-state index < -0.39 is 5.97 Å². The molecule has 1 amide bonds. The Morgan fingerprint density at radius 2 is 2.15 bits per heavy atom. The fourth-order valence-electron chi connectivity index (χ4n) is 2.80. The van der Waals surface area contributed by atoms with E-state index in [0.717, 1.165) is 12.1 Å². The number of nitrogen functional groups attached to an aromatic ring is 1. The first kappa shape index (κ1) is 18.2. The third-order valence-electron chi connectivity index (χ3n) is 4.07. The van der Waals surface area contributed by atoms with Crippen LogP contribution in [0.15, 0.2) is 35.6 Å². The summed E-state index contributed by atoms with van der Waals surface area (Å²) < 4.78 is 4.90. The minimum absolute atomic E-state index is 0.00316. The SMILES string of the molecule is CCOC(=O)c1cnc(S[C@@H](C)C(=O)N2CCc3ccccc32)nc1N. The van der Waals surface area contributed by atoms with Crippen LogP contribution < -0.4 is 10.6 Å². The number of esters is 1. The minimum Gasteiger partial charge on any atom is -0.462 e. The molecule has 2 N–H and O–H groups in total. The molecular formula is C18H20N4O3S. The van der Waals surface area contributed by atoms with Crippen molar-refractivity contribution in [1.29, 1.82) is 0 Å². The number of hydrogen-bond acceptors (Lipinski definition) is 7. The predicted octanol–water partition coefficient (Wildman–Crippen LogP) is 2.31. The van der Waals surface area contributed by atoms with Crippen molar-refractivity contribution in [3.63, 3.8) is 0 Å². The molecule has 1 aromatic carbocycles. The Labute approximate surface area is 156 Å². The number of thioether (sulfide) groups is 1. The molecule has 2 aromatic rings. The first-order valence-corrected chi connectivity index (χ1v) is 9.24. The van der Waals surface area contributed by atoms with Crippen LogP contribution in [0.4, 0.5) is 11.5 Å². The summed E-state index contributed by atoms with van der Waals surface area (Å²) in [6, 6.07) is 7.91. The fourth-order valence-corrected chi connectivity index (χ4v) is 3.60. The van der Waals surface area contributed by atoms with Crippen molar-refractivity contribution < 1.29 is 14.3 Å². The van der Waals surface area contributed by atoms with Crippen molar-refractivity contribution >= 4 is 35.1 Å². The molecule has 0 aliphatic carbocycles. The number of nitrogens with two attached hydrogens (primary N) is 1. The highest BCUT2D eigenvalue weighted by Gasteiger charge is 2.29. The highest BCUT2D eigenvalue weighted by molar-refractivity contribution is 8.00. The number of amides is 1. The predicted molar refractivity (Wildman–Crippen MR) is 100 cm³/mol. The molecule has 1 atom stereocenters. The number of para-hydroxylation sites is 1. The largest absolute Gasteiger partial charge is 0.462 e. The molecule has 0 fully saturated rings. The maximum absolute atomic E-state index is 12.8. The highest BCUT2D eigenvalue weighted by atomic mass is 32.2. The van der Waals surface area contributed by atoms with Crippen LogP contribution in [-0.2, 0) is 16.0 Å². The molecule has 1 aromatic heterocycles. The second-order valence-corrected chi connectivity index (χ2v) is 7.11. The highest BCUT2D eigenvalue weighted by Crippen LogP contribution is 2.31. The lowest BCUT2D eigenvalue weighted by Gasteiger charge is -2.21. The quantitative estimate of drug-likeness (QED) is 0.488. The summed E-state index contributed by atoms with van der Waals surface area (Å²) >= 11 is 1.22. The molecule has 0 saturated carbocycles. The van der Waals surface area contributed by atoms with Gasteiger partial charge in [-0.05, 0) is 31.9 Å². The Morgan fingerprint density at radius 1 is 1.38 bits per heavy atom. The molecule has 0 radical (unpaired) electrons. The van der Waals surface area contributed by atoms with Gasteiger partial charge < -0.3 is 15.4 Å². The number of carbonyl (C=O) groups is 2. The van der Waals surface area contributed by atoms with Crippen molar-refractivity contribution in [2.45, 2.75) is 30.7 Å². The van der Waals surface area contributed by atoms with Crippen molar-refractivity contribution in [2.75, 3.05) is 23.8 Å². The van der Waals surface area contributed by atoms with Gasteiger partial charge in [-0.15, -0.1) is 0 Å². The molecule has 0 saturated heterocycles. The molecule has 2 heterocycles. The molecule has 26 heavy (non-hydrogen) atoms. The van der Waals surface area contributed by atoms with Crippen molar-refractivity contribution in [3.8, 4) is 0 Å². The maximum Gasteiger partial charge on any atom is 0.343 e. The van der Waals surface area contributed by atoms with Crippen LogP contribution in [0.2, 0.25) is 0 Å². The van der Waals surface area contributed by atoms with Crippen LogP contribution in [-0.4, -0.2) is 40.2 Å². The van der Waals surface area contributed by atoms with E-state index in [9.17, 15) is 9.59 Å². The van der Waals surface area contributed by atoms with Crippen LogP contribution >= 0.6 is 11.8 Å². The molecule has 0 spiro atoms. The summed E-state index contributed by atoms with van der Waals surface area (Å²) in [7, 11) is 0. The number of aromatic nitrogens is 2. The van der Waals surface area contributed by atoms with Gasteiger partial charge in [-0.2, -0.15) is 0 Å². The Balaban J connectivity index is 1.70. The molecular weight excluding hydrogens is 352 g/mol. The number of rotatable bonds is 5. The van der Waals surface area contributed by atoms with Crippen molar-refractivity contribution in [3.05, 3.63) is 41.6 Å². The summed E-state index contributed by atoms with van der Waals surface area (Å²) in [6.45, 7) is 4.45. The third-order valence-corrected chi connectivity index (χ3v) is 5.04. The van der Waals surface area contributed by atoms with E-state index in [-0.39, 0.29) is 29.1 Å². The monoisotopic (exact) mass is 372 g/mol. The van der Waals surface area contributed by atoms with E-state index in [1.54, 1.807) is 11.8 Å². The molecule has 1 aliphatic rings. The average molecular weight is 372 g/mol. The molecule has 8 heteroatoms. The van der Waals surface area contributed by atoms with Crippen molar-refractivity contribution in [2.24, 2.45) is 0 Å². The van der Waals surface area contributed by atoms with E-state index in [2.05, 4.69) is 9.97 Å². The van der Waals surface area contributed by atoms with Crippen LogP contribution in [0.5, 0.6) is 0 Å². The van der Waals surface area contributed by atoms with Gasteiger partial charge in [-0.25, -0.2) is 14.8 Å². The van der Waals surface area contributed by atoms with Crippen molar-refractivity contribution in [1.82, 2.24) is 9.97 Å². The third kappa shape index (κ3) is 3.65. The second kappa shape index (κ2) is 7.74. The number of carbonyl (C=O) groups excluding carboxylic acids is 2. The summed E-state index contributed by atoms with van der Waals surface area (Å²) in [5.74, 6) is -0.511. The van der Waals surface area contributed by atoms with Gasteiger partial charge in [-0.3, -0.25) is 4.79 Å². The van der Waals surface area contributed by atoms with Gasteiger partial charge in [0.05, 0.1) is 11.9 Å². The van der Waals surface area contributed by atoms with Gasteiger partial charge in [0.1, 0.15) is 11.4 Å². The van der Waals surface area contributed by atoms with Crippen LogP contribution in [0, 0.1) is 0 Å². The first-order chi connectivity index (χ1) is 12.5. The van der Waals surface area contributed by atoms with E-state index in [0.29, 0.717) is 11.7 Å². The number of anilines is 2. The van der Waals surface area contributed by atoms with Gasteiger partial charge >= 0.3 is 5.97 Å². The number of ether oxygens (including phenoxy) is 1. The Hall–Kier alpha value is -2.61. The fraction of sp³-hybridized carbons (Fsp3) is 0.333. The first-order valence-electron chi connectivity index (χ1n) is 8.36. The van der Waals surface area contributed by atoms with Gasteiger partial charge in [0.2, 0.25) is 5.91 Å². The number of fused-ring (bicyclic) bond motifs is 1. The van der Waals surface area contributed by atoms with Gasteiger partial charge in [-0.1, -0.05) is 30.0 Å². The molecule has 0 unspecified atom stereocenters. The van der Waals surface area contributed by atoms with E-state index in [1.165, 1.54) is 23.5 Å². The zero-order chi connectivity index (χ0) is 18.7. The van der Waals surface area contributed by atoms with Gasteiger partial charge in [0.25, 0.3) is 0 Å². The molecule has 136 valence electrons. The lowest BCUT2D eigenvalue weighted by molar-refractivity contribution is -0.117. The molecule has 0 bridgehead atoms. The van der Waals surface area contributed by atoms with Gasteiger partial charge in [0, 0.05) is 18.4 Å². The average Bonchev–Trinajstić information content (AvgIpc) is 3.05. The summed E-state index contributed by atoms with van der Waals surface area (Å²) in [6.07, 6.45) is 2.20. The van der Waals surface area contributed by atoms with E-state index in [1.807, 2.05) is 31.2 Å². The zero-order valence-corrected chi connectivity index (χ0v) is 15.5. The molecule has 7 nitrogen and oxygen atoms in total. The normalized spacial score (nSPS) is 14.0. The standard InChI is InChI=1S/C18H20N4O3S/c1-3-25-17(24)13-10-20-18(21-15(13)19)26-11(2)16(23)22-9-8-12-6-4-5-7-14(12)22/h4-7,10-11H,3,8-9H2,1-2H3,(H2,19,20,21)/t11-/m0/s1. The smallest absolute Gasteiger partial charge is 0.343 e. The van der Waals surface area contributed by atoms with Crippen LogP contribution in [0.1, 0.15) is 29.8 Å². The Bertz CT molecular complexity index is 843. The number of hydrogen-bond donors (Lipinski definition) is 1. The van der Waals surface area contributed by atoms with Crippen LogP contribution in [0.25, 0.3) is 0 Å². The molecule has 3 rings (SSSR count). The number of nitrogens with zero attached hydrogens (tertiary/aromatic N) is 3. The lowest BCUT2D eigenvalue weighted by Crippen LogP contribution is -2.35. The van der Waals surface area contributed by atoms with Gasteiger partial charge in [0.15, 0.2) is 5.16 Å². The molecule has 1 aliphatic heterocycles. The Kier molecular flexibility index (Phi) is 5.41. The van der Waals surface area contributed by atoms with Crippen LogP contribution in [0.3, 0.4) is 0 Å². The van der Waals surface area contributed by atoms with E-state index in [4.69, 9.17) is 10.5 Å². The van der Waals surface area contributed by atoms with E-state index >= 15 is 0 Å². The summed E-state index contributed by atoms with van der Waals surface area (Å²) in [5, 5.41) is -0.0297. The number of benzene rings is 1. The minimum atomic E-state index is -0.556. The lowest BCUT2D eigenvalue weighted by atomic mass is 10.2. The summed E-state index contributed by atoms with van der Waals surface area (Å²) in [4.78, 5) is 34.6. The topological polar surface area (TPSA) is 98.4 Å². The second-order valence-electron chi connectivity index (χ2n) is 5.80.